The molecule has 0 saturated heterocycles. The molecule has 1 amide bonds. The van der Waals surface area contributed by atoms with Crippen LogP contribution in [0, 0.1) is 0 Å². The van der Waals surface area contributed by atoms with Crippen molar-refractivity contribution in [2.75, 3.05) is 6.54 Å². The third-order valence-corrected chi connectivity index (χ3v) is 2.80. The van der Waals surface area contributed by atoms with Gasteiger partial charge < -0.3 is 10.1 Å². The lowest BCUT2D eigenvalue weighted by atomic mass is 10.1. The van der Waals surface area contributed by atoms with Gasteiger partial charge in [-0.25, -0.2) is 0 Å². The summed E-state index contributed by atoms with van der Waals surface area (Å²) < 4.78 is 4.93. The van der Waals surface area contributed by atoms with Crippen molar-refractivity contribution in [2.45, 2.75) is 78.2 Å². The van der Waals surface area contributed by atoms with Gasteiger partial charge in [-0.1, -0.05) is 45.4 Å². The zero-order valence-electron chi connectivity index (χ0n) is 12.7. The van der Waals surface area contributed by atoms with Gasteiger partial charge in [0.15, 0.2) is 0 Å². The number of amides is 1. The molecule has 0 heterocycles. The first kappa shape index (κ1) is 17.9. The van der Waals surface area contributed by atoms with Gasteiger partial charge in [-0.3, -0.25) is 9.59 Å². The fourth-order valence-corrected chi connectivity index (χ4v) is 1.81. The van der Waals surface area contributed by atoms with E-state index < -0.39 is 0 Å². The van der Waals surface area contributed by atoms with Gasteiger partial charge in [0.1, 0.15) is 6.54 Å². The van der Waals surface area contributed by atoms with Crippen molar-refractivity contribution in [3.8, 4) is 0 Å². The molecule has 0 bridgehead atoms. The summed E-state index contributed by atoms with van der Waals surface area (Å²) in [4.78, 5) is 22.6. The molecule has 0 fully saturated rings. The molecule has 0 radical (unpaired) electrons. The van der Waals surface area contributed by atoms with E-state index in [1.165, 1.54) is 32.1 Å². The Kier molecular flexibility index (Phi) is 11.3. The van der Waals surface area contributed by atoms with E-state index in [0.717, 1.165) is 12.8 Å². The molecule has 0 aromatic carbocycles. The van der Waals surface area contributed by atoms with Crippen LogP contribution in [0.1, 0.15) is 72.1 Å². The summed E-state index contributed by atoms with van der Waals surface area (Å²) >= 11 is 0. The van der Waals surface area contributed by atoms with Crippen molar-refractivity contribution in [3.63, 3.8) is 0 Å². The van der Waals surface area contributed by atoms with E-state index in [-0.39, 0.29) is 24.5 Å². The quantitative estimate of drug-likeness (QED) is 0.464. The van der Waals surface area contributed by atoms with Gasteiger partial charge in [-0.15, -0.1) is 0 Å². The summed E-state index contributed by atoms with van der Waals surface area (Å²) in [6, 6.07) is 0. The molecule has 0 rings (SSSR count). The fourth-order valence-electron chi connectivity index (χ4n) is 1.81. The standard InChI is InChI=1S/C15H29NO3/c1-4-5-6-7-8-9-10-11-14(17)16-12-15(18)19-13(2)3/h13H,4-12H2,1-3H3,(H,16,17). The lowest BCUT2D eigenvalue weighted by molar-refractivity contribution is -0.147. The van der Waals surface area contributed by atoms with Gasteiger partial charge >= 0.3 is 5.97 Å². The van der Waals surface area contributed by atoms with Crippen LogP contribution in [0.3, 0.4) is 0 Å². The molecule has 0 aliphatic carbocycles. The molecule has 0 spiro atoms. The number of esters is 1. The first-order chi connectivity index (χ1) is 9.06. The second kappa shape index (κ2) is 12.0. The third-order valence-electron chi connectivity index (χ3n) is 2.80. The smallest absolute Gasteiger partial charge is 0.325 e. The van der Waals surface area contributed by atoms with Crippen molar-refractivity contribution >= 4 is 11.9 Å². The highest BCUT2D eigenvalue weighted by Crippen LogP contribution is 2.08. The number of rotatable bonds is 11. The maximum atomic E-state index is 11.4. The van der Waals surface area contributed by atoms with E-state index in [9.17, 15) is 9.59 Å². The Morgan fingerprint density at radius 1 is 1.00 bits per heavy atom. The van der Waals surface area contributed by atoms with E-state index in [4.69, 9.17) is 4.74 Å². The molecular formula is C15H29NO3. The normalized spacial score (nSPS) is 10.5. The number of hydrogen-bond acceptors (Lipinski definition) is 3. The van der Waals surface area contributed by atoms with Crippen LogP contribution in [0.5, 0.6) is 0 Å². The number of hydrogen-bond donors (Lipinski definition) is 1. The molecule has 0 aliphatic heterocycles. The Labute approximate surface area is 117 Å². The van der Waals surface area contributed by atoms with Crippen molar-refractivity contribution < 1.29 is 14.3 Å². The van der Waals surface area contributed by atoms with Crippen LogP contribution in [0.15, 0.2) is 0 Å². The molecule has 0 unspecified atom stereocenters. The minimum atomic E-state index is -0.372. The minimum Gasteiger partial charge on any atom is -0.462 e. The zero-order valence-corrected chi connectivity index (χ0v) is 12.7. The molecule has 1 N–H and O–H groups in total. The summed E-state index contributed by atoms with van der Waals surface area (Å²) in [6.45, 7) is 5.76. The topological polar surface area (TPSA) is 55.4 Å². The molecule has 0 atom stereocenters. The molecule has 0 saturated carbocycles. The van der Waals surface area contributed by atoms with Crippen LogP contribution in [0.4, 0.5) is 0 Å². The molecule has 19 heavy (non-hydrogen) atoms. The number of carbonyl (C=O) groups is 2. The fraction of sp³-hybridized carbons (Fsp3) is 0.867. The van der Waals surface area contributed by atoms with E-state index in [2.05, 4.69) is 12.2 Å². The molecule has 4 nitrogen and oxygen atoms in total. The predicted octanol–water partition coefficient (Wildman–Crippen LogP) is 3.19. The predicted molar refractivity (Wildman–Crippen MR) is 76.8 cm³/mol. The lowest BCUT2D eigenvalue weighted by Crippen LogP contribution is -2.31. The molecule has 4 heteroatoms. The van der Waals surface area contributed by atoms with E-state index in [0.29, 0.717) is 6.42 Å². The van der Waals surface area contributed by atoms with Gasteiger partial charge in [0.05, 0.1) is 6.10 Å². The van der Waals surface area contributed by atoms with Gasteiger partial charge in [-0.2, -0.15) is 0 Å². The van der Waals surface area contributed by atoms with E-state index >= 15 is 0 Å². The van der Waals surface area contributed by atoms with Crippen molar-refractivity contribution in [1.29, 1.82) is 0 Å². The number of nitrogens with one attached hydrogen (secondary N) is 1. The summed E-state index contributed by atoms with van der Waals surface area (Å²) in [5, 5.41) is 2.59. The molecule has 0 aromatic heterocycles. The van der Waals surface area contributed by atoms with Gasteiger partial charge in [0.2, 0.25) is 5.91 Å². The second-order valence-electron chi connectivity index (χ2n) is 5.19. The highest BCUT2D eigenvalue weighted by Gasteiger charge is 2.07. The van der Waals surface area contributed by atoms with Gasteiger partial charge in [-0.05, 0) is 20.3 Å². The van der Waals surface area contributed by atoms with Crippen molar-refractivity contribution in [2.24, 2.45) is 0 Å². The lowest BCUT2D eigenvalue weighted by Gasteiger charge is -2.08. The maximum Gasteiger partial charge on any atom is 0.325 e. The van der Waals surface area contributed by atoms with E-state index in [1.54, 1.807) is 13.8 Å². The number of unbranched alkanes of at least 4 members (excludes halogenated alkanes) is 6. The highest BCUT2D eigenvalue weighted by atomic mass is 16.5. The van der Waals surface area contributed by atoms with Crippen LogP contribution >= 0.6 is 0 Å². The largest absolute Gasteiger partial charge is 0.462 e. The molecule has 0 aromatic rings. The summed E-state index contributed by atoms with van der Waals surface area (Å²) in [6.07, 6.45) is 8.68. The average molecular weight is 271 g/mol. The third kappa shape index (κ3) is 13.2. The van der Waals surface area contributed by atoms with Crippen LogP contribution in [0.25, 0.3) is 0 Å². The van der Waals surface area contributed by atoms with Crippen LogP contribution in [-0.2, 0) is 14.3 Å². The number of carbonyl (C=O) groups excluding carboxylic acids is 2. The molecule has 112 valence electrons. The minimum absolute atomic E-state index is 0.0203. The monoisotopic (exact) mass is 271 g/mol. The molecule has 0 aliphatic rings. The Hall–Kier alpha value is -1.06. The van der Waals surface area contributed by atoms with Gasteiger partial charge in [0, 0.05) is 6.42 Å². The second-order valence-corrected chi connectivity index (χ2v) is 5.19. The van der Waals surface area contributed by atoms with Crippen LogP contribution < -0.4 is 5.32 Å². The highest BCUT2D eigenvalue weighted by molar-refractivity contribution is 5.81. The average Bonchev–Trinajstić information content (AvgIpc) is 2.34. The first-order valence-corrected chi connectivity index (χ1v) is 7.52. The number of ether oxygens (including phenoxy) is 1. The molecular weight excluding hydrogens is 242 g/mol. The van der Waals surface area contributed by atoms with Crippen molar-refractivity contribution in [3.05, 3.63) is 0 Å². The summed E-state index contributed by atoms with van der Waals surface area (Å²) in [5.41, 5.74) is 0. The SMILES string of the molecule is CCCCCCCCCC(=O)NCC(=O)OC(C)C. The Morgan fingerprint density at radius 2 is 1.58 bits per heavy atom. The Morgan fingerprint density at radius 3 is 2.16 bits per heavy atom. The summed E-state index contributed by atoms with van der Waals surface area (Å²) in [5.74, 6) is -0.433. The Bertz CT molecular complexity index is 252. The summed E-state index contributed by atoms with van der Waals surface area (Å²) in [7, 11) is 0. The van der Waals surface area contributed by atoms with Crippen molar-refractivity contribution in [1.82, 2.24) is 5.32 Å². The van der Waals surface area contributed by atoms with E-state index in [1.807, 2.05) is 0 Å². The maximum absolute atomic E-state index is 11.4. The van der Waals surface area contributed by atoms with Crippen LogP contribution in [-0.4, -0.2) is 24.5 Å². The van der Waals surface area contributed by atoms with Gasteiger partial charge in [0.25, 0.3) is 0 Å². The Balaban J connectivity index is 3.37. The first-order valence-electron chi connectivity index (χ1n) is 7.52. The van der Waals surface area contributed by atoms with Crippen LogP contribution in [0.2, 0.25) is 0 Å². The zero-order chi connectivity index (χ0) is 14.5.